The molecule has 0 aliphatic carbocycles. The van der Waals surface area contributed by atoms with E-state index in [1.165, 1.54) is 5.56 Å². The molecule has 140 valence electrons. The lowest BCUT2D eigenvalue weighted by atomic mass is 9.73. The van der Waals surface area contributed by atoms with Crippen molar-refractivity contribution in [2.24, 2.45) is 5.41 Å². The Hall–Kier alpha value is -2.47. The highest BCUT2D eigenvalue weighted by atomic mass is 35.5. The summed E-state index contributed by atoms with van der Waals surface area (Å²) >= 11 is 6.04. The van der Waals surface area contributed by atoms with E-state index in [9.17, 15) is 4.79 Å². The maximum atomic E-state index is 13.0. The third kappa shape index (κ3) is 2.79. The fourth-order valence-corrected chi connectivity index (χ4v) is 4.44. The van der Waals surface area contributed by atoms with Gasteiger partial charge in [-0.05, 0) is 36.8 Å². The molecule has 2 fully saturated rings. The number of hydrogen-bond donors (Lipinski definition) is 0. The highest BCUT2D eigenvalue weighted by Gasteiger charge is 2.54. The van der Waals surface area contributed by atoms with Gasteiger partial charge in [0.1, 0.15) is 18.2 Å². The first-order chi connectivity index (χ1) is 13.0. The van der Waals surface area contributed by atoms with Crippen LogP contribution in [0.4, 0.5) is 16.3 Å². The average Bonchev–Trinajstić information content (AvgIpc) is 2.58. The number of rotatable bonds is 1. The van der Waals surface area contributed by atoms with E-state index >= 15 is 0 Å². The van der Waals surface area contributed by atoms with Gasteiger partial charge in [-0.3, -0.25) is 4.90 Å². The molecule has 0 atom stereocenters. The molecule has 0 unspecified atom stereocenters. The topological polar surface area (TPSA) is 48.9 Å². The van der Waals surface area contributed by atoms with E-state index in [0.29, 0.717) is 23.9 Å². The van der Waals surface area contributed by atoms with Crippen LogP contribution in [0.5, 0.6) is 5.75 Å². The second-order valence-corrected chi connectivity index (χ2v) is 8.23. The second-order valence-electron chi connectivity index (χ2n) is 7.80. The third-order valence-electron chi connectivity index (χ3n) is 5.62. The molecule has 3 aliphatic heterocycles. The van der Waals surface area contributed by atoms with E-state index in [1.54, 1.807) is 17.0 Å². The number of hydrogen-bond acceptors (Lipinski definition) is 4. The summed E-state index contributed by atoms with van der Waals surface area (Å²) < 4.78 is 5.65. The number of urea groups is 1. The third-order valence-corrected chi connectivity index (χ3v) is 5.85. The predicted molar refractivity (Wildman–Crippen MR) is 105 cm³/mol. The molecule has 0 bridgehead atoms. The number of anilines is 2. The van der Waals surface area contributed by atoms with Crippen molar-refractivity contribution in [3.05, 3.63) is 47.1 Å². The van der Waals surface area contributed by atoms with E-state index in [4.69, 9.17) is 16.3 Å². The summed E-state index contributed by atoms with van der Waals surface area (Å²) in [6, 6.07) is 9.61. The van der Waals surface area contributed by atoms with Gasteiger partial charge >= 0.3 is 6.03 Å². The maximum Gasteiger partial charge on any atom is 0.324 e. The molecule has 1 spiro atoms. The summed E-state index contributed by atoms with van der Waals surface area (Å²) in [5.74, 6) is 1.71. The molecule has 7 heteroatoms. The van der Waals surface area contributed by atoms with Gasteiger partial charge in [-0.25, -0.2) is 9.78 Å². The summed E-state index contributed by atoms with van der Waals surface area (Å²) in [5.41, 5.74) is 2.24. The van der Waals surface area contributed by atoms with Crippen molar-refractivity contribution in [2.45, 2.75) is 6.92 Å². The minimum absolute atomic E-state index is 0.0552. The lowest BCUT2D eigenvalue weighted by molar-refractivity contribution is 0.00928. The SMILES string of the molecule is Cc1ccnc(N2CC3(CN(C(=O)N4CCOc5cc(Cl)ccc54)C3)C2)c1. The zero-order valence-electron chi connectivity index (χ0n) is 15.2. The summed E-state index contributed by atoms with van der Waals surface area (Å²) in [6.07, 6.45) is 1.86. The Morgan fingerprint density at radius 1 is 1.19 bits per heavy atom. The van der Waals surface area contributed by atoms with E-state index in [-0.39, 0.29) is 11.4 Å². The van der Waals surface area contributed by atoms with Crippen molar-refractivity contribution in [3.8, 4) is 5.75 Å². The van der Waals surface area contributed by atoms with E-state index in [1.807, 2.05) is 23.2 Å². The normalized spacial score (nSPS) is 19.9. The van der Waals surface area contributed by atoms with Crippen LogP contribution in [0.2, 0.25) is 5.02 Å². The van der Waals surface area contributed by atoms with Crippen molar-refractivity contribution >= 4 is 29.1 Å². The summed E-state index contributed by atoms with van der Waals surface area (Å²) in [5, 5.41) is 0.616. The molecule has 6 nitrogen and oxygen atoms in total. The molecule has 5 rings (SSSR count). The molecule has 4 heterocycles. The Labute approximate surface area is 163 Å². The lowest BCUT2D eigenvalue weighted by Gasteiger charge is -2.60. The van der Waals surface area contributed by atoms with Crippen molar-refractivity contribution < 1.29 is 9.53 Å². The van der Waals surface area contributed by atoms with Gasteiger partial charge in [-0.15, -0.1) is 0 Å². The lowest BCUT2D eigenvalue weighted by Crippen LogP contribution is -2.74. The van der Waals surface area contributed by atoms with Gasteiger partial charge < -0.3 is 14.5 Å². The summed E-state index contributed by atoms with van der Waals surface area (Å²) in [6.45, 7) is 6.66. The van der Waals surface area contributed by atoms with Crippen LogP contribution in [0, 0.1) is 12.3 Å². The zero-order chi connectivity index (χ0) is 18.6. The molecule has 2 amide bonds. The van der Waals surface area contributed by atoms with Crippen molar-refractivity contribution in [1.29, 1.82) is 0 Å². The van der Waals surface area contributed by atoms with Crippen LogP contribution >= 0.6 is 11.6 Å². The number of likely N-dealkylation sites (tertiary alicyclic amines) is 1. The van der Waals surface area contributed by atoms with Gasteiger partial charge in [-0.2, -0.15) is 0 Å². The first-order valence-electron chi connectivity index (χ1n) is 9.19. The maximum absolute atomic E-state index is 13.0. The Bertz CT molecular complexity index is 905. The second kappa shape index (κ2) is 6.02. The van der Waals surface area contributed by atoms with Crippen molar-refractivity contribution in [3.63, 3.8) is 0 Å². The number of ether oxygens (including phenoxy) is 1. The van der Waals surface area contributed by atoms with Crippen LogP contribution in [0.25, 0.3) is 0 Å². The molecule has 0 radical (unpaired) electrons. The largest absolute Gasteiger partial charge is 0.489 e. The van der Waals surface area contributed by atoms with Crippen molar-refractivity contribution in [2.75, 3.05) is 49.1 Å². The minimum atomic E-state index is 0.0552. The van der Waals surface area contributed by atoms with Crippen LogP contribution in [-0.2, 0) is 0 Å². The summed E-state index contributed by atoms with van der Waals surface area (Å²) in [4.78, 5) is 23.5. The Morgan fingerprint density at radius 3 is 2.78 bits per heavy atom. The fourth-order valence-electron chi connectivity index (χ4n) is 4.28. The molecule has 0 saturated carbocycles. The number of nitrogens with zero attached hydrogens (tertiary/aromatic N) is 4. The number of amides is 2. The average molecular weight is 385 g/mol. The van der Waals surface area contributed by atoms with Gasteiger partial charge in [0, 0.05) is 48.9 Å². The minimum Gasteiger partial charge on any atom is -0.489 e. The number of carbonyl (C=O) groups is 1. The summed E-state index contributed by atoms with van der Waals surface area (Å²) in [7, 11) is 0. The number of aryl methyl sites for hydroxylation is 1. The Morgan fingerprint density at radius 2 is 2.00 bits per heavy atom. The van der Waals surface area contributed by atoms with Gasteiger partial charge in [0.2, 0.25) is 0 Å². The molecule has 1 aromatic carbocycles. The number of carbonyl (C=O) groups excluding carboxylic acids is 1. The van der Waals surface area contributed by atoms with Crippen LogP contribution in [0.15, 0.2) is 36.5 Å². The van der Waals surface area contributed by atoms with Gasteiger partial charge in [-0.1, -0.05) is 11.6 Å². The molecule has 1 aromatic heterocycles. The highest BCUT2D eigenvalue weighted by molar-refractivity contribution is 6.30. The number of fused-ring (bicyclic) bond motifs is 1. The quantitative estimate of drug-likeness (QED) is 0.757. The van der Waals surface area contributed by atoms with Crippen molar-refractivity contribution in [1.82, 2.24) is 9.88 Å². The van der Waals surface area contributed by atoms with E-state index in [2.05, 4.69) is 22.9 Å². The Balaban J connectivity index is 1.23. The van der Waals surface area contributed by atoms with Gasteiger partial charge in [0.15, 0.2) is 0 Å². The first-order valence-corrected chi connectivity index (χ1v) is 9.57. The fraction of sp³-hybridized carbons (Fsp3) is 0.400. The molecule has 3 aliphatic rings. The molecular formula is C20H21ClN4O2. The number of halogens is 1. The molecular weight excluding hydrogens is 364 g/mol. The van der Waals surface area contributed by atoms with Gasteiger partial charge in [0.05, 0.1) is 12.2 Å². The number of pyridine rings is 1. The van der Waals surface area contributed by atoms with Crippen LogP contribution < -0.4 is 14.5 Å². The zero-order valence-corrected chi connectivity index (χ0v) is 15.9. The van der Waals surface area contributed by atoms with Crippen LogP contribution in [0.1, 0.15) is 5.56 Å². The molecule has 27 heavy (non-hydrogen) atoms. The number of aromatic nitrogens is 1. The van der Waals surface area contributed by atoms with E-state index in [0.717, 1.165) is 37.7 Å². The van der Waals surface area contributed by atoms with Crippen LogP contribution in [-0.4, -0.2) is 55.2 Å². The molecule has 2 saturated heterocycles. The first kappa shape index (κ1) is 16.7. The standard InChI is InChI=1S/C20H21ClN4O2/c1-14-4-5-22-18(8-14)23-10-20(11-23)12-24(13-20)19(26)25-6-7-27-17-9-15(21)2-3-16(17)25/h2-5,8-9H,6-7,10-13H2,1H3. The Kier molecular flexibility index (Phi) is 3.72. The predicted octanol–water partition coefficient (Wildman–Crippen LogP) is 3.18. The number of benzene rings is 1. The monoisotopic (exact) mass is 384 g/mol. The van der Waals surface area contributed by atoms with Crippen LogP contribution in [0.3, 0.4) is 0 Å². The smallest absolute Gasteiger partial charge is 0.324 e. The van der Waals surface area contributed by atoms with Gasteiger partial charge in [0.25, 0.3) is 0 Å². The van der Waals surface area contributed by atoms with E-state index < -0.39 is 0 Å². The molecule has 2 aromatic rings. The molecule has 0 N–H and O–H groups in total. The highest BCUT2D eigenvalue weighted by Crippen LogP contribution is 2.43.